The lowest BCUT2D eigenvalue weighted by Gasteiger charge is -2.33. The smallest absolute Gasteiger partial charge is 0.342 e. The molecular formula is C10H13F3N4O. The van der Waals surface area contributed by atoms with Gasteiger partial charge in [-0.1, -0.05) is 0 Å². The molecule has 0 spiro atoms. The summed E-state index contributed by atoms with van der Waals surface area (Å²) in [7, 11) is 0. The highest BCUT2D eigenvalue weighted by Crippen LogP contribution is 2.21. The first kappa shape index (κ1) is 12.9. The Labute approximate surface area is 101 Å². The molecule has 8 heteroatoms. The van der Waals surface area contributed by atoms with Crippen LogP contribution in [-0.2, 0) is 4.79 Å². The highest BCUT2D eigenvalue weighted by Gasteiger charge is 2.41. The van der Waals surface area contributed by atoms with Gasteiger partial charge in [0.05, 0.1) is 18.4 Å². The summed E-state index contributed by atoms with van der Waals surface area (Å²) >= 11 is 0. The quantitative estimate of drug-likeness (QED) is 0.814. The number of carbonyl (C=O) groups excluding carboxylic acids is 1. The molecule has 1 saturated heterocycles. The van der Waals surface area contributed by atoms with Crippen LogP contribution in [0.15, 0.2) is 18.7 Å². The number of carbonyl (C=O) groups is 1. The summed E-state index contributed by atoms with van der Waals surface area (Å²) in [6.07, 6.45) is 0.576. The minimum Gasteiger partial charge on any atom is -0.342 e. The second-order valence-corrected chi connectivity index (χ2v) is 4.15. The molecule has 18 heavy (non-hydrogen) atoms. The van der Waals surface area contributed by atoms with E-state index in [-0.39, 0.29) is 6.04 Å². The van der Waals surface area contributed by atoms with Crippen molar-refractivity contribution in [2.24, 2.45) is 0 Å². The molecule has 0 radical (unpaired) electrons. The van der Waals surface area contributed by atoms with Gasteiger partial charge < -0.3 is 15.2 Å². The average Bonchev–Trinajstić information content (AvgIpc) is 2.82. The van der Waals surface area contributed by atoms with Gasteiger partial charge in [0.1, 0.15) is 0 Å². The molecule has 100 valence electrons. The van der Waals surface area contributed by atoms with Crippen molar-refractivity contribution in [3.63, 3.8) is 0 Å². The monoisotopic (exact) mass is 262 g/mol. The number of hydrogen-bond donors (Lipinski definition) is 2. The van der Waals surface area contributed by atoms with Gasteiger partial charge >= 0.3 is 12.1 Å². The van der Waals surface area contributed by atoms with Crippen LogP contribution in [0.4, 0.5) is 13.2 Å². The van der Waals surface area contributed by atoms with Crippen molar-refractivity contribution < 1.29 is 18.0 Å². The van der Waals surface area contributed by atoms with E-state index in [1.165, 1.54) is 0 Å². The van der Waals surface area contributed by atoms with Crippen molar-refractivity contribution >= 4 is 5.91 Å². The standard InChI is InChI=1S/C10H13F3N4O/c11-10(12,13)9(18)16-7-5-14-2-1-8(7)17-4-3-15-6-17/h3-4,6-8,14H,1-2,5H2,(H,16,18)/t7-,8+/m1/s1. The zero-order chi connectivity index (χ0) is 13.2. The van der Waals surface area contributed by atoms with Crippen LogP contribution < -0.4 is 10.6 Å². The van der Waals surface area contributed by atoms with Crippen LogP contribution in [0.2, 0.25) is 0 Å². The minimum absolute atomic E-state index is 0.208. The van der Waals surface area contributed by atoms with Gasteiger partial charge in [0.15, 0.2) is 0 Å². The molecule has 1 aliphatic rings. The van der Waals surface area contributed by atoms with Gasteiger partial charge in [-0.2, -0.15) is 13.2 Å². The van der Waals surface area contributed by atoms with E-state index in [9.17, 15) is 18.0 Å². The number of halogens is 3. The summed E-state index contributed by atoms with van der Waals surface area (Å²) in [4.78, 5) is 14.8. The second-order valence-electron chi connectivity index (χ2n) is 4.15. The minimum atomic E-state index is -4.85. The number of hydrogen-bond acceptors (Lipinski definition) is 3. The Morgan fingerprint density at radius 3 is 2.89 bits per heavy atom. The van der Waals surface area contributed by atoms with E-state index in [2.05, 4.69) is 10.3 Å². The summed E-state index contributed by atoms with van der Waals surface area (Å²) in [5.41, 5.74) is 0. The van der Waals surface area contributed by atoms with Gasteiger partial charge in [-0.3, -0.25) is 4.79 Å². The predicted molar refractivity (Wildman–Crippen MR) is 56.7 cm³/mol. The topological polar surface area (TPSA) is 59.0 Å². The van der Waals surface area contributed by atoms with Gasteiger partial charge in [-0.25, -0.2) is 4.98 Å². The van der Waals surface area contributed by atoms with Crippen LogP contribution in [0.3, 0.4) is 0 Å². The molecule has 0 unspecified atom stereocenters. The Hall–Kier alpha value is -1.57. The number of imidazole rings is 1. The third-order valence-corrected chi connectivity index (χ3v) is 2.93. The van der Waals surface area contributed by atoms with Gasteiger partial charge in [-0.05, 0) is 13.0 Å². The van der Waals surface area contributed by atoms with E-state index in [1.54, 1.807) is 23.3 Å². The molecule has 0 bridgehead atoms. The van der Waals surface area contributed by atoms with Crippen LogP contribution in [-0.4, -0.2) is 40.8 Å². The fourth-order valence-electron chi connectivity index (χ4n) is 2.06. The zero-order valence-electron chi connectivity index (χ0n) is 9.44. The molecule has 1 aromatic heterocycles. The van der Waals surface area contributed by atoms with Gasteiger partial charge in [0.2, 0.25) is 0 Å². The molecule has 1 fully saturated rings. The maximum Gasteiger partial charge on any atom is 0.471 e. The maximum absolute atomic E-state index is 12.2. The number of nitrogens with one attached hydrogen (secondary N) is 2. The molecular weight excluding hydrogens is 249 g/mol. The Bertz CT molecular complexity index is 404. The fourth-order valence-corrected chi connectivity index (χ4v) is 2.06. The zero-order valence-corrected chi connectivity index (χ0v) is 9.44. The molecule has 1 amide bonds. The first-order valence-electron chi connectivity index (χ1n) is 5.54. The number of amides is 1. The van der Waals surface area contributed by atoms with Crippen molar-refractivity contribution in [3.05, 3.63) is 18.7 Å². The molecule has 0 aromatic carbocycles. The van der Waals surface area contributed by atoms with E-state index in [1.807, 2.05) is 5.32 Å². The van der Waals surface area contributed by atoms with Crippen LogP contribution >= 0.6 is 0 Å². The molecule has 2 N–H and O–H groups in total. The van der Waals surface area contributed by atoms with E-state index >= 15 is 0 Å². The predicted octanol–water partition coefficient (Wildman–Crippen LogP) is 0.465. The summed E-state index contributed by atoms with van der Waals surface area (Å²) in [5, 5.41) is 4.99. The van der Waals surface area contributed by atoms with Crippen molar-refractivity contribution in [1.82, 2.24) is 20.2 Å². The summed E-state index contributed by atoms with van der Waals surface area (Å²) < 4.78 is 38.4. The molecule has 5 nitrogen and oxygen atoms in total. The third kappa shape index (κ3) is 2.81. The Kier molecular flexibility index (Phi) is 3.55. The highest BCUT2D eigenvalue weighted by atomic mass is 19.4. The molecule has 0 saturated carbocycles. The summed E-state index contributed by atoms with van der Waals surface area (Å²) in [5.74, 6) is -1.90. The van der Waals surface area contributed by atoms with Crippen molar-refractivity contribution in [2.45, 2.75) is 24.7 Å². The van der Waals surface area contributed by atoms with E-state index in [4.69, 9.17) is 0 Å². The van der Waals surface area contributed by atoms with Gasteiger partial charge in [0, 0.05) is 18.9 Å². The van der Waals surface area contributed by atoms with E-state index < -0.39 is 18.1 Å². The number of rotatable bonds is 2. The van der Waals surface area contributed by atoms with E-state index in [0.717, 1.165) is 0 Å². The van der Waals surface area contributed by atoms with Crippen LogP contribution in [0.1, 0.15) is 12.5 Å². The molecule has 1 aromatic rings. The lowest BCUT2D eigenvalue weighted by molar-refractivity contribution is -0.174. The highest BCUT2D eigenvalue weighted by molar-refractivity contribution is 5.82. The molecule has 0 aliphatic carbocycles. The van der Waals surface area contributed by atoms with Crippen LogP contribution in [0.5, 0.6) is 0 Å². The Morgan fingerprint density at radius 2 is 2.28 bits per heavy atom. The van der Waals surface area contributed by atoms with Crippen LogP contribution in [0, 0.1) is 0 Å². The molecule has 2 rings (SSSR count). The summed E-state index contributed by atoms with van der Waals surface area (Å²) in [6.45, 7) is 1.01. The Morgan fingerprint density at radius 1 is 1.50 bits per heavy atom. The lowest BCUT2D eigenvalue weighted by atomic mass is 10.0. The second kappa shape index (κ2) is 4.97. The van der Waals surface area contributed by atoms with Crippen LogP contribution in [0.25, 0.3) is 0 Å². The van der Waals surface area contributed by atoms with Crippen molar-refractivity contribution in [1.29, 1.82) is 0 Å². The maximum atomic E-state index is 12.2. The third-order valence-electron chi connectivity index (χ3n) is 2.93. The summed E-state index contributed by atoms with van der Waals surface area (Å²) in [6, 6.07) is -0.804. The number of alkyl halides is 3. The lowest BCUT2D eigenvalue weighted by Crippen LogP contribution is -2.54. The molecule has 2 heterocycles. The molecule has 2 atom stereocenters. The van der Waals surface area contributed by atoms with Gasteiger partial charge in [0.25, 0.3) is 0 Å². The number of piperidine rings is 1. The Balaban J connectivity index is 2.07. The first-order valence-corrected chi connectivity index (χ1v) is 5.54. The van der Waals surface area contributed by atoms with E-state index in [0.29, 0.717) is 19.5 Å². The average molecular weight is 262 g/mol. The molecule has 1 aliphatic heterocycles. The fraction of sp³-hybridized carbons (Fsp3) is 0.600. The van der Waals surface area contributed by atoms with Crippen molar-refractivity contribution in [2.75, 3.05) is 13.1 Å². The van der Waals surface area contributed by atoms with Gasteiger partial charge in [-0.15, -0.1) is 0 Å². The first-order chi connectivity index (χ1) is 8.48. The van der Waals surface area contributed by atoms with Crippen molar-refractivity contribution in [3.8, 4) is 0 Å². The number of nitrogens with zero attached hydrogens (tertiary/aromatic N) is 2. The SMILES string of the molecule is O=C(N[C@@H]1CNCC[C@@H]1n1ccnc1)C(F)(F)F. The normalized spacial score (nSPS) is 24.8. The number of aromatic nitrogens is 2. The largest absolute Gasteiger partial charge is 0.471 e.